The Balaban J connectivity index is 2.63. The van der Waals surface area contributed by atoms with Crippen molar-refractivity contribution in [3.8, 4) is 0 Å². The first-order valence-electron chi connectivity index (χ1n) is 8.32. The summed E-state index contributed by atoms with van der Waals surface area (Å²) in [6.45, 7) is 10.5. The number of rotatable bonds is 7. The Morgan fingerprint density at radius 2 is 2.29 bits per heavy atom. The normalized spacial score (nSPS) is 26.5. The van der Waals surface area contributed by atoms with Crippen LogP contribution in [-0.4, -0.2) is 48.8 Å². The third kappa shape index (κ3) is 5.70. The molecule has 2 atom stereocenters. The molecule has 1 aliphatic carbocycles. The number of aliphatic hydroxyl groups excluding tert-OH is 1. The lowest BCUT2D eigenvalue weighted by Gasteiger charge is -2.37. The molecule has 1 aliphatic rings. The zero-order chi connectivity index (χ0) is 15.7. The molecule has 4 nitrogen and oxygen atoms in total. The molecular formula is C17H33N3O. The van der Waals surface area contributed by atoms with E-state index in [4.69, 9.17) is 4.99 Å². The zero-order valence-corrected chi connectivity index (χ0v) is 14.1. The van der Waals surface area contributed by atoms with Gasteiger partial charge < -0.3 is 15.3 Å². The summed E-state index contributed by atoms with van der Waals surface area (Å²) in [4.78, 5) is 6.96. The Morgan fingerprint density at radius 3 is 2.90 bits per heavy atom. The van der Waals surface area contributed by atoms with E-state index in [1.54, 1.807) is 0 Å². The molecule has 0 aromatic carbocycles. The van der Waals surface area contributed by atoms with Crippen LogP contribution in [0.2, 0.25) is 0 Å². The first-order chi connectivity index (χ1) is 10.0. The number of nitrogens with one attached hydrogen (secondary N) is 1. The van der Waals surface area contributed by atoms with Gasteiger partial charge in [0.2, 0.25) is 0 Å². The highest BCUT2D eigenvalue weighted by atomic mass is 16.3. The van der Waals surface area contributed by atoms with Crippen molar-refractivity contribution < 1.29 is 5.11 Å². The summed E-state index contributed by atoms with van der Waals surface area (Å²) in [6.07, 6.45) is 8.18. The number of nitrogens with zero attached hydrogens (tertiary/aromatic N) is 2. The monoisotopic (exact) mass is 295 g/mol. The van der Waals surface area contributed by atoms with Gasteiger partial charge in [-0.15, -0.1) is 6.58 Å². The van der Waals surface area contributed by atoms with Gasteiger partial charge in [-0.3, -0.25) is 4.99 Å². The summed E-state index contributed by atoms with van der Waals surface area (Å²) < 4.78 is 0. The molecule has 1 rings (SSSR count). The lowest BCUT2D eigenvalue weighted by molar-refractivity contribution is 0.00706. The van der Waals surface area contributed by atoms with E-state index in [-0.39, 0.29) is 11.5 Å². The molecule has 21 heavy (non-hydrogen) atoms. The van der Waals surface area contributed by atoms with Crippen LogP contribution in [0.4, 0.5) is 0 Å². The van der Waals surface area contributed by atoms with E-state index in [2.05, 4.69) is 37.7 Å². The average Bonchev–Trinajstić information content (AvgIpc) is 2.47. The molecular weight excluding hydrogens is 262 g/mol. The Morgan fingerprint density at radius 1 is 1.52 bits per heavy atom. The lowest BCUT2D eigenvalue weighted by atomic mass is 9.73. The lowest BCUT2D eigenvalue weighted by Crippen LogP contribution is -2.42. The second-order valence-electron chi connectivity index (χ2n) is 6.44. The van der Waals surface area contributed by atoms with Crippen molar-refractivity contribution >= 4 is 5.96 Å². The fourth-order valence-electron chi connectivity index (χ4n) is 2.87. The highest BCUT2D eigenvalue weighted by Gasteiger charge is 2.35. The molecule has 0 radical (unpaired) electrons. The van der Waals surface area contributed by atoms with E-state index < -0.39 is 0 Å². The molecule has 1 fully saturated rings. The largest absolute Gasteiger partial charge is 0.392 e. The van der Waals surface area contributed by atoms with Gasteiger partial charge in [-0.1, -0.05) is 25.8 Å². The van der Waals surface area contributed by atoms with Gasteiger partial charge in [0.15, 0.2) is 5.96 Å². The SMILES string of the molecule is C=CCCCN(C)C(=NCC1(C)CCCCC1O)NCC. The predicted molar refractivity (Wildman–Crippen MR) is 90.6 cm³/mol. The molecule has 4 heteroatoms. The smallest absolute Gasteiger partial charge is 0.193 e. The zero-order valence-electron chi connectivity index (χ0n) is 14.1. The van der Waals surface area contributed by atoms with Crippen molar-refractivity contribution in [1.82, 2.24) is 10.2 Å². The van der Waals surface area contributed by atoms with Crippen LogP contribution in [0.3, 0.4) is 0 Å². The third-order valence-electron chi connectivity index (χ3n) is 4.47. The van der Waals surface area contributed by atoms with Crippen LogP contribution in [0.25, 0.3) is 0 Å². The van der Waals surface area contributed by atoms with Crippen LogP contribution in [0.1, 0.15) is 52.4 Å². The Labute approximate surface area is 130 Å². The number of guanidine groups is 1. The fraction of sp³-hybridized carbons (Fsp3) is 0.824. The summed E-state index contributed by atoms with van der Waals surface area (Å²) in [5, 5.41) is 13.6. The van der Waals surface area contributed by atoms with E-state index in [9.17, 15) is 5.11 Å². The molecule has 122 valence electrons. The van der Waals surface area contributed by atoms with Gasteiger partial charge in [-0.25, -0.2) is 0 Å². The van der Waals surface area contributed by atoms with Gasteiger partial charge in [0.25, 0.3) is 0 Å². The van der Waals surface area contributed by atoms with E-state index in [0.29, 0.717) is 6.54 Å². The first kappa shape index (κ1) is 18.0. The molecule has 0 aliphatic heterocycles. The van der Waals surface area contributed by atoms with Crippen LogP contribution < -0.4 is 5.32 Å². The molecule has 0 bridgehead atoms. The van der Waals surface area contributed by atoms with Crippen molar-refractivity contribution in [2.75, 3.05) is 26.7 Å². The highest BCUT2D eigenvalue weighted by Crippen LogP contribution is 2.36. The van der Waals surface area contributed by atoms with Gasteiger partial charge in [0.1, 0.15) is 0 Å². The minimum absolute atomic E-state index is 0.0686. The maximum Gasteiger partial charge on any atom is 0.193 e. The molecule has 2 N–H and O–H groups in total. The van der Waals surface area contributed by atoms with E-state index in [1.807, 2.05) is 6.08 Å². The standard InChI is InChI=1S/C17H33N3O/c1-5-7-10-13-20(4)16(18-6-2)19-14-17(3)12-9-8-11-15(17)21/h5,15,21H,1,6-14H2,2-4H3,(H,18,19). The predicted octanol–water partition coefficient (Wildman–Crippen LogP) is 2.79. The molecule has 0 amide bonds. The van der Waals surface area contributed by atoms with Gasteiger partial charge >= 0.3 is 0 Å². The van der Waals surface area contributed by atoms with Crippen molar-refractivity contribution in [3.63, 3.8) is 0 Å². The summed E-state index contributed by atoms with van der Waals surface area (Å²) in [7, 11) is 2.07. The Bertz CT molecular complexity index is 343. The number of hydrogen-bond acceptors (Lipinski definition) is 2. The summed E-state index contributed by atoms with van der Waals surface area (Å²) >= 11 is 0. The fourth-order valence-corrected chi connectivity index (χ4v) is 2.87. The van der Waals surface area contributed by atoms with E-state index in [1.165, 1.54) is 6.42 Å². The minimum Gasteiger partial charge on any atom is -0.392 e. The van der Waals surface area contributed by atoms with E-state index >= 15 is 0 Å². The van der Waals surface area contributed by atoms with Gasteiger partial charge in [0, 0.05) is 25.6 Å². The summed E-state index contributed by atoms with van der Waals surface area (Å²) in [5.74, 6) is 0.945. The summed E-state index contributed by atoms with van der Waals surface area (Å²) in [6, 6.07) is 0. The number of allylic oxidation sites excluding steroid dienone is 1. The Kier molecular flexibility index (Phi) is 7.79. The van der Waals surface area contributed by atoms with Crippen molar-refractivity contribution in [2.24, 2.45) is 10.4 Å². The van der Waals surface area contributed by atoms with Crippen molar-refractivity contribution in [1.29, 1.82) is 0 Å². The van der Waals surface area contributed by atoms with Crippen LogP contribution in [-0.2, 0) is 0 Å². The number of hydrogen-bond donors (Lipinski definition) is 2. The topological polar surface area (TPSA) is 47.9 Å². The number of aliphatic hydroxyl groups is 1. The van der Waals surface area contributed by atoms with Gasteiger partial charge in [-0.05, 0) is 32.6 Å². The first-order valence-corrected chi connectivity index (χ1v) is 8.32. The minimum atomic E-state index is -0.219. The molecule has 1 saturated carbocycles. The van der Waals surface area contributed by atoms with Crippen molar-refractivity contribution in [2.45, 2.75) is 58.5 Å². The number of aliphatic imine (C=N–C) groups is 1. The third-order valence-corrected chi connectivity index (χ3v) is 4.47. The number of unbranched alkanes of at least 4 members (excludes halogenated alkanes) is 1. The molecule has 0 aromatic heterocycles. The molecule has 0 aromatic rings. The maximum atomic E-state index is 10.3. The van der Waals surface area contributed by atoms with Crippen LogP contribution in [0.15, 0.2) is 17.6 Å². The Hall–Kier alpha value is -1.03. The highest BCUT2D eigenvalue weighted by molar-refractivity contribution is 5.79. The van der Waals surface area contributed by atoms with Crippen molar-refractivity contribution in [3.05, 3.63) is 12.7 Å². The van der Waals surface area contributed by atoms with Crippen LogP contribution in [0.5, 0.6) is 0 Å². The van der Waals surface area contributed by atoms with E-state index in [0.717, 1.165) is 51.2 Å². The second-order valence-corrected chi connectivity index (χ2v) is 6.44. The van der Waals surface area contributed by atoms with Crippen LogP contribution >= 0.6 is 0 Å². The molecule has 0 saturated heterocycles. The van der Waals surface area contributed by atoms with Crippen LogP contribution in [0, 0.1) is 5.41 Å². The quantitative estimate of drug-likeness (QED) is 0.329. The van der Waals surface area contributed by atoms with Gasteiger partial charge in [0.05, 0.1) is 12.6 Å². The molecule has 2 unspecified atom stereocenters. The average molecular weight is 295 g/mol. The molecule has 0 spiro atoms. The van der Waals surface area contributed by atoms with Gasteiger partial charge in [-0.2, -0.15) is 0 Å². The maximum absolute atomic E-state index is 10.3. The second kappa shape index (κ2) is 9.08. The summed E-state index contributed by atoms with van der Waals surface area (Å²) in [5.41, 5.74) is -0.0686. The molecule has 0 heterocycles.